The molecular formula is C68H56N4. The van der Waals surface area contributed by atoms with Crippen molar-refractivity contribution in [3.05, 3.63) is 257 Å². The van der Waals surface area contributed by atoms with Gasteiger partial charge >= 0.3 is 0 Å². The first-order chi connectivity index (χ1) is 35.4. The molecule has 7 aromatic carbocycles. The number of hydrogen-bond donors (Lipinski definition) is 0. The van der Waals surface area contributed by atoms with Crippen molar-refractivity contribution in [2.24, 2.45) is 0 Å². The van der Waals surface area contributed by atoms with Crippen LogP contribution in [-0.2, 0) is 38.5 Å². The number of nitrogens with zero attached hydrogens (tertiary/aromatic N) is 4. The van der Waals surface area contributed by atoms with Crippen molar-refractivity contribution in [3.8, 4) is 84.3 Å². The van der Waals surface area contributed by atoms with Gasteiger partial charge in [0.05, 0.1) is 28.7 Å². The van der Waals surface area contributed by atoms with Gasteiger partial charge in [0.15, 0.2) is 0 Å². The van der Waals surface area contributed by atoms with Crippen LogP contribution in [0, 0.1) is 25.2 Å². The Hall–Kier alpha value is -8.52. The molecule has 0 saturated heterocycles. The molecule has 3 aromatic heterocycles. The second-order valence-corrected chi connectivity index (χ2v) is 19.5. The summed E-state index contributed by atoms with van der Waals surface area (Å²) in [5.74, 6) is 0. The quantitative estimate of drug-likeness (QED) is 0.116. The Morgan fingerprint density at radius 1 is 0.375 bits per heavy atom. The summed E-state index contributed by atoms with van der Waals surface area (Å²) in [6.45, 7) is 4.23. The van der Waals surface area contributed by atoms with E-state index in [2.05, 4.69) is 188 Å². The highest BCUT2D eigenvalue weighted by molar-refractivity contribution is 5.94. The predicted octanol–water partition coefficient (Wildman–Crippen LogP) is 16.5. The second-order valence-electron chi connectivity index (χ2n) is 19.5. The molecule has 0 atom stereocenters. The summed E-state index contributed by atoms with van der Waals surface area (Å²) in [5, 5.41) is 9.43. The fourth-order valence-corrected chi connectivity index (χ4v) is 10.4. The Balaban J connectivity index is 0.960. The van der Waals surface area contributed by atoms with Gasteiger partial charge in [-0.2, -0.15) is 5.26 Å². The summed E-state index contributed by atoms with van der Waals surface area (Å²) < 4.78 is 0. The third-order valence-corrected chi connectivity index (χ3v) is 14.4. The topological polar surface area (TPSA) is 62.5 Å². The third-order valence-electron chi connectivity index (χ3n) is 14.4. The smallest absolute Gasteiger partial charge is 0.0991 e. The fourth-order valence-electron chi connectivity index (χ4n) is 10.4. The Morgan fingerprint density at radius 3 is 1.44 bits per heavy atom. The number of fused-ring (bicyclic) bond motifs is 1. The molecule has 10 aromatic rings. The van der Waals surface area contributed by atoms with Crippen LogP contribution in [0.5, 0.6) is 0 Å². The normalized spacial score (nSPS) is 12.0. The monoisotopic (exact) mass is 928 g/mol. The summed E-state index contributed by atoms with van der Waals surface area (Å²) in [6, 6.07) is 70.7. The molecule has 0 aliphatic heterocycles. The van der Waals surface area contributed by atoms with Gasteiger partial charge in [0.2, 0.25) is 0 Å². The van der Waals surface area contributed by atoms with Crippen molar-refractivity contribution >= 4 is 0 Å². The summed E-state index contributed by atoms with van der Waals surface area (Å²) in [5.41, 5.74) is 26.9. The Kier molecular flexibility index (Phi) is 13.3. The molecule has 348 valence electrons. The molecule has 3 heterocycles. The highest BCUT2D eigenvalue weighted by atomic mass is 14.7. The van der Waals surface area contributed by atoms with Crippen molar-refractivity contribution < 1.29 is 0 Å². The minimum atomic E-state index is 0.660. The minimum Gasteiger partial charge on any atom is -0.256 e. The molecule has 1 aliphatic rings. The lowest BCUT2D eigenvalue weighted by Gasteiger charge is -2.19. The van der Waals surface area contributed by atoms with Gasteiger partial charge < -0.3 is 0 Å². The average Bonchev–Trinajstić information content (AvgIpc) is 3.44. The van der Waals surface area contributed by atoms with Crippen LogP contribution >= 0.6 is 0 Å². The number of benzene rings is 7. The van der Waals surface area contributed by atoms with Crippen molar-refractivity contribution in [3.63, 3.8) is 0 Å². The van der Waals surface area contributed by atoms with Crippen LogP contribution in [-0.4, -0.2) is 15.0 Å². The summed E-state index contributed by atoms with van der Waals surface area (Å²) in [6.07, 6.45) is 14.3. The lowest BCUT2D eigenvalue weighted by Crippen LogP contribution is -2.03. The molecule has 1 aliphatic carbocycles. The van der Waals surface area contributed by atoms with E-state index in [1.165, 1.54) is 79.6 Å². The first-order valence-corrected chi connectivity index (χ1v) is 25.4. The van der Waals surface area contributed by atoms with Gasteiger partial charge in [-0.15, -0.1) is 0 Å². The maximum Gasteiger partial charge on any atom is 0.0991 e. The van der Waals surface area contributed by atoms with Gasteiger partial charge in [-0.3, -0.25) is 15.0 Å². The molecule has 0 amide bonds. The Labute approximate surface area is 424 Å². The lowest BCUT2D eigenvalue weighted by atomic mass is 9.86. The first kappa shape index (κ1) is 45.9. The SMILES string of the molecule is Cc1ccnc(-c2ccc(CCc3cc(CCc4ccc(-c5cc(C)ccn5)cc4)cc(-c4ccccc4-c4ccc(-c5cc6c(cn5)CCCC6)cc4-c4ccc(-c5ccc(C#N)cc5)cc4)c3)cc2)c1. The van der Waals surface area contributed by atoms with Crippen LogP contribution in [0.25, 0.3) is 78.3 Å². The molecule has 0 spiro atoms. The minimum absolute atomic E-state index is 0.660. The zero-order valence-electron chi connectivity index (χ0n) is 41.1. The van der Waals surface area contributed by atoms with Crippen molar-refractivity contribution in [1.82, 2.24) is 15.0 Å². The van der Waals surface area contributed by atoms with Crippen LogP contribution in [0.3, 0.4) is 0 Å². The molecule has 72 heavy (non-hydrogen) atoms. The van der Waals surface area contributed by atoms with E-state index in [0.29, 0.717) is 5.56 Å². The number of rotatable bonds is 13. The van der Waals surface area contributed by atoms with E-state index < -0.39 is 0 Å². The Bertz CT molecular complexity index is 3470. The Morgan fingerprint density at radius 2 is 0.861 bits per heavy atom. The van der Waals surface area contributed by atoms with Gasteiger partial charge in [-0.1, -0.05) is 140 Å². The van der Waals surface area contributed by atoms with Gasteiger partial charge in [0.1, 0.15) is 0 Å². The van der Waals surface area contributed by atoms with Crippen LogP contribution < -0.4 is 0 Å². The van der Waals surface area contributed by atoms with Gasteiger partial charge in [0, 0.05) is 35.3 Å². The molecule has 4 nitrogen and oxygen atoms in total. The molecule has 4 heteroatoms. The molecule has 0 fully saturated rings. The third kappa shape index (κ3) is 10.3. The molecule has 0 unspecified atom stereocenters. The maximum atomic E-state index is 9.43. The molecular weight excluding hydrogens is 873 g/mol. The molecule has 0 saturated carbocycles. The highest BCUT2D eigenvalue weighted by Gasteiger charge is 2.18. The second kappa shape index (κ2) is 20.8. The largest absolute Gasteiger partial charge is 0.256 e. The van der Waals surface area contributed by atoms with Gasteiger partial charge in [-0.25, -0.2) is 0 Å². The molecule has 11 rings (SSSR count). The van der Waals surface area contributed by atoms with E-state index in [1.54, 1.807) is 0 Å². The van der Waals surface area contributed by atoms with Gasteiger partial charge in [0.25, 0.3) is 0 Å². The van der Waals surface area contributed by atoms with Crippen molar-refractivity contribution in [2.75, 3.05) is 0 Å². The number of aryl methyl sites for hydroxylation is 8. The van der Waals surface area contributed by atoms with Crippen LogP contribution in [0.4, 0.5) is 0 Å². The zero-order chi connectivity index (χ0) is 48.8. The zero-order valence-corrected chi connectivity index (χ0v) is 41.1. The summed E-state index contributed by atoms with van der Waals surface area (Å²) in [4.78, 5) is 14.3. The van der Waals surface area contributed by atoms with Crippen molar-refractivity contribution in [2.45, 2.75) is 65.2 Å². The van der Waals surface area contributed by atoms with Gasteiger partial charge in [-0.05, 0) is 203 Å². The predicted molar refractivity (Wildman–Crippen MR) is 296 cm³/mol. The standard InChI is InChI=1S/C68H56N4/c1-46-33-35-70-66(37-46)56-23-15-48(16-24-56)11-13-51-39-52(14-12-49-17-25-57(26-18-49)67-38-47(2)34-36-71-67)41-61(40-51)62-9-5-6-10-63(62)64-32-31-59(68-43-58-7-3-4-8-60(58)45-72-68)42-65(64)55-29-27-54(28-30-55)53-21-19-50(44-69)20-22-53/h5-6,9-10,15-43,45H,3-4,7-8,11-14H2,1-2H3. The highest BCUT2D eigenvalue weighted by Crippen LogP contribution is 2.42. The fraction of sp³-hybridized carbons (Fsp3) is 0.147. The van der Waals surface area contributed by atoms with Crippen LogP contribution in [0.2, 0.25) is 0 Å². The lowest BCUT2D eigenvalue weighted by molar-refractivity contribution is 0.682. The van der Waals surface area contributed by atoms with E-state index in [1.807, 2.05) is 48.8 Å². The van der Waals surface area contributed by atoms with Crippen LogP contribution in [0.1, 0.15) is 62.9 Å². The number of nitriles is 1. The summed E-state index contributed by atoms with van der Waals surface area (Å²) in [7, 11) is 0. The van der Waals surface area contributed by atoms with E-state index in [9.17, 15) is 5.26 Å². The first-order valence-electron chi connectivity index (χ1n) is 25.4. The molecule has 0 N–H and O–H groups in total. The molecule has 0 bridgehead atoms. The van der Waals surface area contributed by atoms with Crippen molar-refractivity contribution in [1.29, 1.82) is 5.26 Å². The van der Waals surface area contributed by atoms with E-state index in [0.717, 1.165) is 94.6 Å². The van der Waals surface area contributed by atoms with Crippen LogP contribution in [0.15, 0.2) is 207 Å². The summed E-state index contributed by atoms with van der Waals surface area (Å²) >= 11 is 0. The average molecular weight is 929 g/mol. The van der Waals surface area contributed by atoms with E-state index in [-0.39, 0.29) is 0 Å². The maximum absolute atomic E-state index is 9.43. The van der Waals surface area contributed by atoms with E-state index in [4.69, 9.17) is 4.98 Å². The number of hydrogen-bond acceptors (Lipinski definition) is 4. The number of pyridine rings is 3. The molecule has 0 radical (unpaired) electrons. The van der Waals surface area contributed by atoms with E-state index >= 15 is 0 Å². The number of aromatic nitrogens is 3.